The van der Waals surface area contributed by atoms with Crippen LogP contribution in [-0.4, -0.2) is 42.5 Å². The van der Waals surface area contributed by atoms with Gasteiger partial charge in [0.25, 0.3) is 5.91 Å². The Labute approximate surface area is 160 Å². The molecule has 1 fully saturated rings. The molecule has 1 heterocycles. The van der Waals surface area contributed by atoms with Crippen molar-refractivity contribution in [1.29, 1.82) is 0 Å². The van der Waals surface area contributed by atoms with Gasteiger partial charge in [-0.2, -0.15) is 0 Å². The average Bonchev–Trinajstić information content (AvgIpc) is 2.66. The van der Waals surface area contributed by atoms with Crippen molar-refractivity contribution in [2.75, 3.05) is 25.0 Å². The normalized spacial score (nSPS) is 16.8. The smallest absolute Gasteiger partial charge is 0.254 e. The van der Waals surface area contributed by atoms with Crippen molar-refractivity contribution in [3.63, 3.8) is 0 Å². The minimum atomic E-state index is -0.0545. The highest BCUT2D eigenvalue weighted by atomic mass is 16.5. The Balaban J connectivity index is 1.58. The van der Waals surface area contributed by atoms with Gasteiger partial charge in [0.05, 0.1) is 12.7 Å². The van der Waals surface area contributed by atoms with Crippen LogP contribution in [0.4, 0.5) is 5.69 Å². The summed E-state index contributed by atoms with van der Waals surface area (Å²) in [6, 6.07) is 15.3. The van der Waals surface area contributed by atoms with Gasteiger partial charge in [-0.05, 0) is 44.0 Å². The van der Waals surface area contributed by atoms with Crippen LogP contribution in [0, 0.1) is 6.92 Å². The van der Waals surface area contributed by atoms with Crippen LogP contribution >= 0.6 is 0 Å². The fraction of sp³-hybridized carbons (Fsp3) is 0.364. The van der Waals surface area contributed by atoms with Gasteiger partial charge in [-0.25, -0.2) is 0 Å². The molecule has 1 N–H and O–H groups in total. The lowest BCUT2D eigenvalue weighted by atomic mass is 10.1. The molecule has 1 unspecified atom stereocenters. The standard InChI is InChI=1S/C22H26N2O3/c1-16-5-3-6-18(13-16)9-10-21(25)23-20-8-4-7-19(14-20)22(26)24-11-12-27-17(2)15-24/h3-8,13-14,17H,9-12,15H2,1-2H3,(H,23,25). The quantitative estimate of drug-likeness (QED) is 0.882. The zero-order valence-electron chi connectivity index (χ0n) is 15.9. The van der Waals surface area contributed by atoms with Gasteiger partial charge in [-0.15, -0.1) is 0 Å². The maximum Gasteiger partial charge on any atom is 0.254 e. The van der Waals surface area contributed by atoms with Gasteiger partial charge >= 0.3 is 0 Å². The Bertz CT molecular complexity index is 819. The van der Waals surface area contributed by atoms with Crippen molar-refractivity contribution in [3.8, 4) is 0 Å². The van der Waals surface area contributed by atoms with Gasteiger partial charge in [-0.1, -0.05) is 35.9 Å². The fourth-order valence-electron chi connectivity index (χ4n) is 3.26. The van der Waals surface area contributed by atoms with Crippen LogP contribution < -0.4 is 5.32 Å². The summed E-state index contributed by atoms with van der Waals surface area (Å²) in [5, 5.41) is 2.90. The number of morpholine rings is 1. The Morgan fingerprint density at radius 3 is 2.78 bits per heavy atom. The molecule has 3 rings (SSSR count). The van der Waals surface area contributed by atoms with E-state index in [4.69, 9.17) is 4.74 Å². The topological polar surface area (TPSA) is 58.6 Å². The highest BCUT2D eigenvalue weighted by Gasteiger charge is 2.22. The third-order valence-corrected chi connectivity index (χ3v) is 4.64. The largest absolute Gasteiger partial charge is 0.375 e. The highest BCUT2D eigenvalue weighted by molar-refractivity contribution is 5.97. The summed E-state index contributed by atoms with van der Waals surface area (Å²) in [5.41, 5.74) is 3.57. The molecule has 0 aliphatic carbocycles. The molecule has 5 heteroatoms. The van der Waals surface area contributed by atoms with Crippen LogP contribution in [-0.2, 0) is 16.0 Å². The summed E-state index contributed by atoms with van der Waals surface area (Å²) in [5.74, 6) is -0.0814. The van der Waals surface area contributed by atoms with Gasteiger partial charge < -0.3 is 15.0 Å². The van der Waals surface area contributed by atoms with E-state index in [2.05, 4.69) is 11.4 Å². The fourth-order valence-corrected chi connectivity index (χ4v) is 3.26. The lowest BCUT2D eigenvalue weighted by Gasteiger charge is -2.31. The molecule has 5 nitrogen and oxygen atoms in total. The average molecular weight is 366 g/mol. The molecular weight excluding hydrogens is 340 g/mol. The molecule has 2 aromatic rings. The third-order valence-electron chi connectivity index (χ3n) is 4.64. The van der Waals surface area contributed by atoms with Crippen molar-refractivity contribution >= 4 is 17.5 Å². The Kier molecular flexibility index (Phi) is 6.24. The van der Waals surface area contributed by atoms with Gasteiger partial charge in [0.2, 0.25) is 5.91 Å². The number of amides is 2. The molecule has 1 aliphatic heterocycles. The minimum absolute atomic E-state index is 0.0268. The number of benzene rings is 2. The van der Waals surface area contributed by atoms with E-state index in [1.54, 1.807) is 23.1 Å². The van der Waals surface area contributed by atoms with Crippen molar-refractivity contribution in [1.82, 2.24) is 4.90 Å². The van der Waals surface area contributed by atoms with Crippen LogP contribution in [0.2, 0.25) is 0 Å². The molecule has 2 amide bonds. The maximum absolute atomic E-state index is 12.7. The number of ether oxygens (including phenoxy) is 1. The van der Waals surface area contributed by atoms with E-state index in [1.807, 2.05) is 38.1 Å². The number of carbonyl (C=O) groups is 2. The SMILES string of the molecule is Cc1cccc(CCC(=O)Nc2cccc(C(=O)N3CCOC(C)C3)c2)c1. The number of hydrogen-bond acceptors (Lipinski definition) is 3. The third kappa shape index (κ3) is 5.41. The molecule has 2 aromatic carbocycles. The number of nitrogens with one attached hydrogen (secondary N) is 1. The molecule has 1 saturated heterocycles. The van der Waals surface area contributed by atoms with E-state index in [0.29, 0.717) is 43.8 Å². The molecule has 1 atom stereocenters. The predicted molar refractivity (Wildman–Crippen MR) is 106 cm³/mol. The molecule has 0 aromatic heterocycles. The Morgan fingerprint density at radius 2 is 2.00 bits per heavy atom. The molecule has 0 bridgehead atoms. The van der Waals surface area contributed by atoms with E-state index >= 15 is 0 Å². The van der Waals surface area contributed by atoms with Gasteiger partial charge in [0.1, 0.15) is 0 Å². The highest BCUT2D eigenvalue weighted by Crippen LogP contribution is 2.16. The number of hydrogen-bond donors (Lipinski definition) is 1. The number of rotatable bonds is 5. The first-order valence-electron chi connectivity index (χ1n) is 9.37. The zero-order valence-corrected chi connectivity index (χ0v) is 15.9. The summed E-state index contributed by atoms with van der Waals surface area (Å²) < 4.78 is 5.49. The van der Waals surface area contributed by atoms with Gasteiger partial charge in [0, 0.05) is 30.8 Å². The van der Waals surface area contributed by atoms with Crippen molar-refractivity contribution < 1.29 is 14.3 Å². The summed E-state index contributed by atoms with van der Waals surface area (Å²) in [6.45, 7) is 5.75. The van der Waals surface area contributed by atoms with E-state index in [-0.39, 0.29) is 17.9 Å². The van der Waals surface area contributed by atoms with E-state index in [1.165, 1.54) is 5.56 Å². The molecule has 0 spiro atoms. The van der Waals surface area contributed by atoms with Crippen LogP contribution in [0.15, 0.2) is 48.5 Å². The lowest BCUT2D eigenvalue weighted by molar-refractivity contribution is -0.116. The van der Waals surface area contributed by atoms with Gasteiger partial charge in [0.15, 0.2) is 0 Å². The van der Waals surface area contributed by atoms with Crippen molar-refractivity contribution in [3.05, 3.63) is 65.2 Å². The Morgan fingerprint density at radius 1 is 1.19 bits per heavy atom. The van der Waals surface area contributed by atoms with Gasteiger partial charge in [-0.3, -0.25) is 9.59 Å². The summed E-state index contributed by atoms with van der Waals surface area (Å²) in [4.78, 5) is 26.8. The Hall–Kier alpha value is -2.66. The van der Waals surface area contributed by atoms with Crippen molar-refractivity contribution in [2.45, 2.75) is 32.8 Å². The van der Waals surface area contributed by atoms with Crippen LogP contribution in [0.25, 0.3) is 0 Å². The van der Waals surface area contributed by atoms with Crippen LogP contribution in [0.5, 0.6) is 0 Å². The lowest BCUT2D eigenvalue weighted by Crippen LogP contribution is -2.44. The number of nitrogens with zero attached hydrogens (tertiary/aromatic N) is 1. The van der Waals surface area contributed by atoms with Crippen molar-refractivity contribution in [2.24, 2.45) is 0 Å². The second kappa shape index (κ2) is 8.82. The second-order valence-corrected chi connectivity index (χ2v) is 7.05. The van der Waals surface area contributed by atoms with Crippen LogP contribution in [0.3, 0.4) is 0 Å². The summed E-state index contributed by atoms with van der Waals surface area (Å²) >= 11 is 0. The molecule has 27 heavy (non-hydrogen) atoms. The maximum atomic E-state index is 12.7. The molecule has 0 radical (unpaired) electrons. The first-order valence-corrected chi connectivity index (χ1v) is 9.37. The molecule has 0 saturated carbocycles. The summed E-state index contributed by atoms with van der Waals surface area (Å²) in [6.07, 6.45) is 1.15. The first-order chi connectivity index (χ1) is 13.0. The first kappa shape index (κ1) is 19.1. The van der Waals surface area contributed by atoms with E-state index < -0.39 is 0 Å². The predicted octanol–water partition coefficient (Wildman–Crippen LogP) is 3.43. The molecule has 1 aliphatic rings. The van der Waals surface area contributed by atoms with Crippen LogP contribution in [0.1, 0.15) is 34.8 Å². The number of carbonyl (C=O) groups excluding carboxylic acids is 2. The number of anilines is 1. The van der Waals surface area contributed by atoms with E-state index in [9.17, 15) is 9.59 Å². The monoisotopic (exact) mass is 366 g/mol. The minimum Gasteiger partial charge on any atom is -0.375 e. The zero-order chi connectivity index (χ0) is 19.2. The summed E-state index contributed by atoms with van der Waals surface area (Å²) in [7, 11) is 0. The van der Waals surface area contributed by atoms with E-state index in [0.717, 1.165) is 5.56 Å². The molecular formula is C22H26N2O3. The second-order valence-electron chi connectivity index (χ2n) is 7.05. The molecule has 142 valence electrons. The number of aryl methyl sites for hydroxylation is 2.